The minimum Gasteiger partial charge on any atom is -0.373 e. The van der Waals surface area contributed by atoms with E-state index in [1.165, 1.54) is 28.2 Å². The third-order valence-electron chi connectivity index (χ3n) is 20.8. The second-order valence-electron chi connectivity index (χ2n) is 30.4. The van der Waals surface area contributed by atoms with Gasteiger partial charge in [0.05, 0.1) is 64.6 Å². The highest BCUT2D eigenvalue weighted by molar-refractivity contribution is 7.91. The Morgan fingerprint density at radius 3 is 1.07 bits per heavy atom. The average molecular weight is 1890 g/mol. The zero-order valence-corrected chi connectivity index (χ0v) is 74.9. The fourth-order valence-corrected chi connectivity index (χ4v) is 19.9. The Kier molecular flexibility index (Phi) is 25.8. The smallest absolute Gasteiger partial charge is 0.373 e. The molecule has 2 aliphatic carbocycles. The van der Waals surface area contributed by atoms with E-state index < -0.39 is 52.8 Å². The summed E-state index contributed by atoms with van der Waals surface area (Å²) >= 11 is 5.86. The summed E-state index contributed by atoms with van der Waals surface area (Å²) in [6.07, 6.45) is 7.95. The Bertz CT molecular complexity index is 7680. The number of anilines is 10. The van der Waals surface area contributed by atoms with Gasteiger partial charge in [-0.1, -0.05) is 151 Å². The van der Waals surface area contributed by atoms with Crippen LogP contribution < -0.4 is 55.3 Å². The van der Waals surface area contributed by atoms with Crippen molar-refractivity contribution in [3.05, 3.63) is 296 Å². The van der Waals surface area contributed by atoms with E-state index in [0.29, 0.717) is 124 Å². The van der Waals surface area contributed by atoms with Gasteiger partial charge in [0.15, 0.2) is 5.65 Å². The lowest BCUT2D eigenvalue weighted by Gasteiger charge is -2.10. The first-order valence-electron chi connectivity index (χ1n) is 41.0. The summed E-state index contributed by atoms with van der Waals surface area (Å²) < 4.78 is 148. The molecule has 0 bridgehead atoms. The number of nitrogens with zero attached hydrogens (tertiary/aromatic N) is 15. The number of nitrogens with one attached hydrogen (secondary N) is 5. The summed E-state index contributed by atoms with van der Waals surface area (Å²) in [6.45, 7) is 0.727. The predicted octanol–water partition coefficient (Wildman–Crippen LogP) is 16.0. The molecule has 0 aliphatic heterocycles. The van der Waals surface area contributed by atoms with Gasteiger partial charge in [-0.05, 0) is 124 Å². The summed E-state index contributed by atoms with van der Waals surface area (Å²) in [5.74, 6) is 2.77. The first-order valence-corrected chi connectivity index (χ1v) is 47.1. The summed E-state index contributed by atoms with van der Waals surface area (Å²) in [5, 5.41) is 18.1. The molecule has 2 saturated carbocycles. The molecule has 2 fully saturated rings. The van der Waals surface area contributed by atoms with Crippen LogP contribution in [0, 0.1) is 6.92 Å². The molecule has 676 valence electrons. The Hall–Kier alpha value is -15.7. The topological polar surface area (TPSA) is 488 Å². The van der Waals surface area contributed by atoms with Gasteiger partial charge in [0.1, 0.15) is 35.6 Å². The lowest BCUT2D eigenvalue weighted by Crippen LogP contribution is -2.22. The number of nitrogen functional groups attached to an aromatic ring is 5. The molecular weight excluding hydrogens is 1800 g/mol. The Morgan fingerprint density at radius 1 is 0.361 bits per heavy atom. The SMILES string of the molecule is CNc1cc(-c2cn(S(=O)(=O)c3ccccc3)c3ccccc23)nc(N)n1.CNc1cc(-c2cn(S(=O)(=O)c3ccccc3)c3ncccc23)nc(N)n1.Cc1ccc(S(=O)(=O)n2cc(-c3cc(NC4CC4)nc(N)n3)c3ccccc32)cc1.Nc1nc(NC2CC2)cc(-c2cn(S(=O)(=O)c3ccccc3)c3ccccc23)n1.Nc1nc(NCC(F)(F)F)cc(-c2cccc(Cl)c2)n1. The molecule has 18 aromatic rings. The number of rotatable bonds is 21. The van der Waals surface area contributed by atoms with Crippen LogP contribution in [0.5, 0.6) is 0 Å². The third kappa shape index (κ3) is 20.5. The van der Waals surface area contributed by atoms with Crippen LogP contribution in [0.25, 0.3) is 100 Å². The third-order valence-corrected chi connectivity index (χ3v) is 27.8. The molecule has 0 radical (unpaired) electrons. The standard InChI is InChI=1S/C22H21N5O2S.C21H19N5O2S.C19H17N5O2S.C18H16N6O2S.C12H10ClF3N4/c1-14-6-10-16(11-7-14)30(28,29)27-13-18(17-4-2-3-5-20(17)27)19-12-21(24-15-8-9-15)26-22(23)25-19;22-21-24-18(12-20(25-21)23-14-10-11-14)17-13-26(19-9-5-4-8-16(17)19)29(27,28)15-6-2-1-3-7-15;1-21-18-11-16(22-19(20)23-18)15-12-24(17-10-6-5-9-14(15)17)27(25,26)13-7-3-2-4-8-13;1-20-16-10-15(22-18(19)23-16)14-11-24(17-13(14)8-5-9-21-17)27(25,26)12-6-3-2-4-7-12;13-8-3-1-2-7(4-8)9-5-10(20-11(17)19-9)18-6-12(14,15)16/h2-7,10-13,15H,8-9H2,1H3,(H3,23,24,25,26);1-9,12-14H,10-11H2,(H3,22,23,24,25);2-12H,1H3,(H3,20,21,22,23);2-11H,1H3,(H3,19,20,22,23);1-5H,6H2,(H3,17,18,19,20). The molecule has 8 aromatic carbocycles. The molecule has 15 N–H and O–H groups in total. The average Bonchev–Trinajstić information content (AvgIpc) is 1.62. The second kappa shape index (κ2) is 37.8. The van der Waals surface area contributed by atoms with E-state index in [4.69, 9.17) is 40.3 Å². The van der Waals surface area contributed by atoms with Crippen LogP contribution in [0.15, 0.2) is 305 Å². The molecule has 33 nitrogen and oxygen atoms in total. The fraction of sp³-hybridized carbons (Fsp3) is 0.120. The van der Waals surface area contributed by atoms with Gasteiger partial charge in [0, 0.05) is 142 Å². The predicted molar refractivity (Wildman–Crippen MR) is 512 cm³/mol. The van der Waals surface area contributed by atoms with Crippen LogP contribution in [-0.2, 0) is 40.1 Å². The molecule has 0 atom stereocenters. The number of aryl methyl sites for hydroxylation is 1. The van der Waals surface area contributed by atoms with Crippen LogP contribution in [0.1, 0.15) is 31.2 Å². The van der Waals surface area contributed by atoms with Crippen molar-refractivity contribution in [1.82, 2.24) is 70.7 Å². The number of nitrogens with two attached hydrogens (primary N) is 5. The molecule has 20 rings (SSSR count). The van der Waals surface area contributed by atoms with E-state index in [1.807, 2.05) is 67.6 Å². The number of pyridine rings is 1. The number of hydrogen-bond donors (Lipinski definition) is 10. The van der Waals surface area contributed by atoms with E-state index in [-0.39, 0.29) is 55.1 Å². The minimum atomic E-state index is -4.34. The summed E-state index contributed by atoms with van der Waals surface area (Å²) in [5.41, 5.74) is 37.9. The quantitative estimate of drug-likeness (QED) is 0.0319. The number of hydrogen-bond acceptors (Lipinski definition) is 29. The van der Waals surface area contributed by atoms with E-state index in [9.17, 15) is 46.8 Å². The van der Waals surface area contributed by atoms with Crippen LogP contribution in [0.3, 0.4) is 0 Å². The first kappa shape index (κ1) is 90.7. The van der Waals surface area contributed by atoms with Crippen molar-refractivity contribution in [3.63, 3.8) is 0 Å². The molecule has 0 saturated heterocycles. The number of halogens is 4. The molecule has 10 aromatic heterocycles. The van der Waals surface area contributed by atoms with Gasteiger partial charge in [-0.25, -0.2) is 79.5 Å². The van der Waals surface area contributed by atoms with Crippen LogP contribution in [0.4, 0.5) is 72.0 Å². The van der Waals surface area contributed by atoms with Crippen molar-refractivity contribution in [2.75, 3.05) is 75.9 Å². The largest absolute Gasteiger partial charge is 0.405 e. The molecule has 0 spiro atoms. The monoisotopic (exact) mass is 1890 g/mol. The zero-order valence-electron chi connectivity index (χ0n) is 70.8. The van der Waals surface area contributed by atoms with Crippen molar-refractivity contribution < 1.29 is 46.8 Å². The molecule has 133 heavy (non-hydrogen) atoms. The number of benzene rings is 8. The molecule has 0 unspecified atom stereocenters. The first-order chi connectivity index (χ1) is 63.8. The molecule has 2 aliphatic rings. The van der Waals surface area contributed by atoms with E-state index >= 15 is 0 Å². The maximum atomic E-state index is 13.4. The van der Waals surface area contributed by atoms with Gasteiger partial charge in [0.2, 0.25) is 29.7 Å². The van der Waals surface area contributed by atoms with Crippen molar-refractivity contribution in [2.45, 2.75) is 70.4 Å². The van der Waals surface area contributed by atoms with E-state index in [0.717, 1.165) is 47.4 Å². The lowest BCUT2D eigenvalue weighted by molar-refractivity contribution is -0.115. The highest BCUT2D eigenvalue weighted by atomic mass is 35.5. The van der Waals surface area contributed by atoms with Gasteiger partial charge in [-0.3, -0.25) is 0 Å². The fourth-order valence-electron chi connectivity index (χ4n) is 14.3. The molecule has 41 heteroatoms. The summed E-state index contributed by atoms with van der Waals surface area (Å²) in [6, 6.07) is 73.3. The lowest BCUT2D eigenvalue weighted by atomic mass is 10.1. The van der Waals surface area contributed by atoms with Gasteiger partial charge in [-0.2, -0.15) is 38.1 Å². The van der Waals surface area contributed by atoms with E-state index in [2.05, 4.69) is 81.4 Å². The Labute approximate surface area is 765 Å². The van der Waals surface area contributed by atoms with E-state index in [1.54, 1.807) is 227 Å². The number of alkyl halides is 3. The van der Waals surface area contributed by atoms with Gasteiger partial charge in [-0.15, -0.1) is 0 Å². The normalized spacial score (nSPS) is 12.7. The van der Waals surface area contributed by atoms with Crippen LogP contribution in [0.2, 0.25) is 5.02 Å². The summed E-state index contributed by atoms with van der Waals surface area (Å²) in [7, 11) is -11.6. The van der Waals surface area contributed by atoms with Gasteiger partial charge < -0.3 is 55.3 Å². The number of para-hydroxylation sites is 3. The highest BCUT2D eigenvalue weighted by Gasteiger charge is 2.31. The van der Waals surface area contributed by atoms with Crippen molar-refractivity contribution in [1.29, 1.82) is 0 Å². The van der Waals surface area contributed by atoms with Crippen molar-refractivity contribution >= 4 is 154 Å². The maximum Gasteiger partial charge on any atom is 0.405 e. The minimum absolute atomic E-state index is 0.00444. The Balaban J connectivity index is 0.000000122. The second-order valence-corrected chi connectivity index (χ2v) is 38.0. The van der Waals surface area contributed by atoms with Crippen molar-refractivity contribution in [2.24, 2.45) is 0 Å². The molecular formula is C92H83ClF3N25O8S4. The number of fused-ring (bicyclic) bond motifs is 4. The van der Waals surface area contributed by atoms with Gasteiger partial charge >= 0.3 is 6.18 Å². The Morgan fingerprint density at radius 2 is 0.684 bits per heavy atom. The maximum absolute atomic E-state index is 13.4. The molecule has 0 amide bonds. The van der Waals surface area contributed by atoms with Crippen LogP contribution >= 0.6 is 11.6 Å². The summed E-state index contributed by atoms with van der Waals surface area (Å²) in [4.78, 5) is 46.8. The number of aromatic nitrogens is 15. The van der Waals surface area contributed by atoms with Crippen LogP contribution in [-0.4, -0.2) is 143 Å². The highest BCUT2D eigenvalue weighted by Crippen LogP contribution is 2.40. The van der Waals surface area contributed by atoms with Gasteiger partial charge in [0.25, 0.3) is 40.1 Å². The van der Waals surface area contributed by atoms with Crippen molar-refractivity contribution in [3.8, 4) is 56.3 Å². The molecule has 10 heterocycles. The zero-order chi connectivity index (χ0) is 93.7.